The Labute approximate surface area is 93.6 Å². The Hall–Kier alpha value is -1.27. The van der Waals surface area contributed by atoms with Crippen LogP contribution in [0.3, 0.4) is 0 Å². The van der Waals surface area contributed by atoms with Gasteiger partial charge in [0.15, 0.2) is 0 Å². The first-order chi connectivity index (χ1) is 6.42. The number of amides is 1. The Kier molecular flexibility index (Phi) is 4.57. The number of hydrogen-bond acceptors (Lipinski definition) is 4. The molecule has 0 saturated heterocycles. The van der Waals surface area contributed by atoms with E-state index in [2.05, 4.69) is 0 Å². The number of carbonyl (C=O) groups excluding carboxylic acids is 1. The van der Waals surface area contributed by atoms with E-state index in [0.29, 0.717) is 0 Å². The molecule has 1 aromatic rings. The summed E-state index contributed by atoms with van der Waals surface area (Å²) >= 11 is 0. The van der Waals surface area contributed by atoms with E-state index in [0.717, 1.165) is 5.56 Å². The van der Waals surface area contributed by atoms with Crippen molar-refractivity contribution in [1.82, 2.24) is 4.72 Å². The molecule has 0 spiro atoms. The van der Waals surface area contributed by atoms with Gasteiger partial charge >= 0.3 is 0 Å². The molecule has 0 aromatic heterocycles. The molecule has 0 fully saturated rings. The van der Waals surface area contributed by atoms with Crippen molar-refractivity contribution in [3.8, 4) is 0 Å². The summed E-state index contributed by atoms with van der Waals surface area (Å²) < 4.78 is 23.8. The van der Waals surface area contributed by atoms with Crippen LogP contribution in [0.1, 0.15) is 5.56 Å². The minimum absolute atomic E-state index is 0. The zero-order valence-corrected chi connectivity index (χ0v) is 9.39. The standard InChI is InChI=1S/C8H9NO4S.ClH/c1-6-2-4-7(5-3-6)14(12,13)9-8(10)11;/h2-5,9H,1H3,(H,10,11);1H/p-1. The van der Waals surface area contributed by atoms with Crippen LogP contribution in [0.5, 0.6) is 0 Å². The lowest BCUT2D eigenvalue weighted by Crippen LogP contribution is -2.40. The number of carboxylic acid groups (broad SMARTS) is 1. The molecule has 15 heavy (non-hydrogen) atoms. The van der Waals surface area contributed by atoms with Crippen molar-refractivity contribution in [2.75, 3.05) is 0 Å². The van der Waals surface area contributed by atoms with Crippen LogP contribution in [0.4, 0.5) is 4.79 Å². The fourth-order valence-corrected chi connectivity index (χ4v) is 1.72. The van der Waals surface area contributed by atoms with E-state index in [4.69, 9.17) is 0 Å². The van der Waals surface area contributed by atoms with E-state index in [9.17, 15) is 18.3 Å². The van der Waals surface area contributed by atoms with Gasteiger partial charge in [0.2, 0.25) is 0 Å². The maximum Gasteiger partial charge on any atom is 0.262 e. The molecule has 84 valence electrons. The van der Waals surface area contributed by atoms with Gasteiger partial charge in [-0.05, 0) is 19.1 Å². The van der Waals surface area contributed by atoms with Crippen LogP contribution < -0.4 is 9.83 Å². The van der Waals surface area contributed by atoms with Crippen molar-refractivity contribution in [2.45, 2.75) is 11.8 Å². The van der Waals surface area contributed by atoms with Gasteiger partial charge in [-0.3, -0.25) is 4.72 Å². The minimum atomic E-state index is -3.99. The second-order valence-corrected chi connectivity index (χ2v) is 4.39. The first-order valence-corrected chi connectivity index (χ1v) is 5.20. The van der Waals surface area contributed by atoms with E-state index in [1.165, 1.54) is 16.9 Å². The summed E-state index contributed by atoms with van der Waals surface area (Å²) in [6, 6.07) is 5.79. The van der Waals surface area contributed by atoms with Crippen LogP contribution in [-0.4, -0.2) is 14.5 Å². The van der Waals surface area contributed by atoms with Gasteiger partial charge in [-0.15, -0.1) is 12.4 Å². The summed E-state index contributed by atoms with van der Waals surface area (Å²) in [6.07, 6.45) is -1.84. The highest BCUT2D eigenvalue weighted by Crippen LogP contribution is 2.09. The molecule has 0 radical (unpaired) electrons. The van der Waals surface area contributed by atoms with Crippen molar-refractivity contribution >= 4 is 28.5 Å². The third-order valence-electron chi connectivity index (χ3n) is 1.55. The molecule has 0 aliphatic carbocycles. The molecule has 0 atom stereocenters. The third kappa shape index (κ3) is 3.77. The molecular weight excluding hydrogens is 242 g/mol. The predicted octanol–water partition coefficient (Wildman–Crippen LogP) is 0.0384. The number of benzene rings is 1. The average molecular weight is 251 g/mol. The first kappa shape index (κ1) is 13.7. The van der Waals surface area contributed by atoms with E-state index in [1.54, 1.807) is 19.1 Å². The fourth-order valence-electron chi connectivity index (χ4n) is 0.886. The highest BCUT2D eigenvalue weighted by Gasteiger charge is 2.12. The molecular formula is C8H9ClNO4S-. The second-order valence-electron chi connectivity index (χ2n) is 2.71. The predicted molar refractivity (Wildman–Crippen MR) is 54.1 cm³/mol. The lowest BCUT2D eigenvalue weighted by atomic mass is 10.2. The molecule has 1 amide bonds. The third-order valence-corrected chi connectivity index (χ3v) is 2.88. The summed E-state index contributed by atoms with van der Waals surface area (Å²) in [7, 11) is -3.99. The molecule has 1 aromatic carbocycles. The largest absolute Gasteiger partial charge is 0.529 e. The Morgan fingerprint density at radius 1 is 1.27 bits per heavy atom. The molecule has 0 aliphatic heterocycles. The van der Waals surface area contributed by atoms with Crippen molar-refractivity contribution in [1.29, 1.82) is 0 Å². The summed E-state index contributed by atoms with van der Waals surface area (Å²) in [4.78, 5) is 9.95. The number of hydrogen-bond donors (Lipinski definition) is 1. The SMILES string of the molecule is Cc1ccc(S(=O)(=O)NC(=O)[O-])cc1.Cl. The van der Waals surface area contributed by atoms with Crippen molar-refractivity contribution in [2.24, 2.45) is 0 Å². The topological polar surface area (TPSA) is 86.3 Å². The molecule has 5 nitrogen and oxygen atoms in total. The number of halogens is 1. The lowest BCUT2D eigenvalue weighted by Gasteiger charge is -2.07. The first-order valence-electron chi connectivity index (χ1n) is 3.72. The molecule has 1 N–H and O–H groups in total. The monoisotopic (exact) mass is 250 g/mol. The second kappa shape index (κ2) is 4.99. The Bertz CT molecular complexity index is 440. The van der Waals surface area contributed by atoms with Crippen molar-refractivity contribution < 1.29 is 18.3 Å². The van der Waals surface area contributed by atoms with Crippen molar-refractivity contribution in [3.63, 3.8) is 0 Å². The van der Waals surface area contributed by atoms with Crippen LogP contribution in [0, 0.1) is 6.92 Å². The van der Waals surface area contributed by atoms with Crippen LogP contribution >= 0.6 is 12.4 Å². The Balaban J connectivity index is 0.00000196. The molecule has 0 aliphatic rings. The maximum absolute atomic E-state index is 11.2. The highest BCUT2D eigenvalue weighted by molar-refractivity contribution is 7.90. The van der Waals surface area contributed by atoms with Gasteiger partial charge in [-0.2, -0.15) is 0 Å². The molecule has 0 unspecified atom stereocenters. The molecule has 0 heterocycles. The van der Waals surface area contributed by atoms with Crippen LogP contribution in [-0.2, 0) is 10.0 Å². The van der Waals surface area contributed by atoms with E-state index in [-0.39, 0.29) is 17.3 Å². The number of aryl methyl sites for hydroxylation is 1. The zero-order valence-electron chi connectivity index (χ0n) is 7.76. The molecule has 7 heteroatoms. The number of rotatable bonds is 2. The summed E-state index contributed by atoms with van der Waals surface area (Å²) in [5.41, 5.74) is 0.886. The zero-order chi connectivity index (χ0) is 10.8. The van der Waals surface area contributed by atoms with Gasteiger partial charge in [-0.1, -0.05) is 17.7 Å². The van der Waals surface area contributed by atoms with Gasteiger partial charge in [0, 0.05) is 0 Å². The summed E-state index contributed by atoms with van der Waals surface area (Å²) in [5.74, 6) is 0. The minimum Gasteiger partial charge on any atom is -0.529 e. The molecule has 1 rings (SSSR count). The van der Waals surface area contributed by atoms with Gasteiger partial charge < -0.3 is 9.90 Å². The van der Waals surface area contributed by atoms with Gasteiger partial charge in [0.05, 0.1) is 4.90 Å². The highest BCUT2D eigenvalue weighted by atomic mass is 35.5. The maximum atomic E-state index is 11.2. The molecule has 0 saturated carbocycles. The van der Waals surface area contributed by atoms with Crippen LogP contribution in [0.15, 0.2) is 29.2 Å². The quantitative estimate of drug-likeness (QED) is 0.803. The van der Waals surface area contributed by atoms with E-state index >= 15 is 0 Å². The number of sulfonamides is 1. The number of nitrogens with one attached hydrogen (secondary N) is 1. The van der Waals surface area contributed by atoms with Gasteiger partial charge in [0.1, 0.15) is 6.09 Å². The smallest absolute Gasteiger partial charge is 0.262 e. The lowest BCUT2D eigenvalue weighted by molar-refractivity contribution is -0.247. The molecule has 0 bridgehead atoms. The van der Waals surface area contributed by atoms with Gasteiger partial charge in [0.25, 0.3) is 10.0 Å². The van der Waals surface area contributed by atoms with E-state index < -0.39 is 16.1 Å². The Morgan fingerprint density at radius 2 is 1.73 bits per heavy atom. The average Bonchev–Trinajstić information content (AvgIpc) is 2.02. The number of carbonyl (C=O) groups is 1. The van der Waals surface area contributed by atoms with Crippen LogP contribution in [0.25, 0.3) is 0 Å². The van der Waals surface area contributed by atoms with Crippen LogP contribution in [0.2, 0.25) is 0 Å². The Morgan fingerprint density at radius 3 is 2.13 bits per heavy atom. The fraction of sp³-hybridized carbons (Fsp3) is 0.125. The summed E-state index contributed by atoms with van der Waals surface area (Å²) in [6.45, 7) is 1.79. The van der Waals surface area contributed by atoms with E-state index in [1.807, 2.05) is 0 Å². The summed E-state index contributed by atoms with van der Waals surface area (Å²) in [5, 5.41) is 10.1. The normalized spacial score (nSPS) is 10.2. The van der Waals surface area contributed by atoms with Gasteiger partial charge in [-0.25, -0.2) is 8.42 Å². The van der Waals surface area contributed by atoms with Crippen molar-refractivity contribution in [3.05, 3.63) is 29.8 Å².